The molecule has 3 aromatic carbocycles. The van der Waals surface area contributed by atoms with E-state index in [4.69, 9.17) is 4.98 Å². The Kier molecular flexibility index (Phi) is 7.23. The summed E-state index contributed by atoms with van der Waals surface area (Å²) >= 11 is 0. The first-order valence-electron chi connectivity index (χ1n) is 12.4. The molecule has 1 aliphatic heterocycles. The summed E-state index contributed by atoms with van der Waals surface area (Å²) in [6, 6.07) is 24.0. The maximum Gasteiger partial charge on any atom is 0.257 e. The molecule has 4 aromatic rings. The Balaban J connectivity index is 1.42. The normalized spacial score (nSPS) is 13.2. The molecule has 1 amide bonds. The molecular formula is C30H29FN4O2. The van der Waals surface area contributed by atoms with E-state index >= 15 is 0 Å². The highest BCUT2D eigenvalue weighted by Crippen LogP contribution is 2.22. The van der Waals surface area contributed by atoms with Gasteiger partial charge in [-0.05, 0) is 48.7 Å². The van der Waals surface area contributed by atoms with E-state index in [0.29, 0.717) is 42.2 Å². The largest absolute Gasteiger partial charge is 0.350 e. The molecule has 0 spiro atoms. The van der Waals surface area contributed by atoms with E-state index < -0.39 is 0 Å². The summed E-state index contributed by atoms with van der Waals surface area (Å²) in [5.74, 6) is -0.286. The first-order chi connectivity index (χ1) is 18.0. The molecule has 1 aliphatic rings. The van der Waals surface area contributed by atoms with Crippen LogP contribution in [-0.2, 0) is 37.4 Å². The van der Waals surface area contributed by atoms with E-state index in [1.807, 2.05) is 49.4 Å². The molecule has 0 saturated heterocycles. The zero-order valence-corrected chi connectivity index (χ0v) is 20.8. The van der Waals surface area contributed by atoms with Gasteiger partial charge in [-0.2, -0.15) is 0 Å². The highest BCUT2D eigenvalue weighted by molar-refractivity contribution is 5.76. The van der Waals surface area contributed by atoms with Gasteiger partial charge in [0.25, 0.3) is 5.56 Å². The fraction of sp³-hybridized carbons (Fsp3) is 0.233. The zero-order valence-electron chi connectivity index (χ0n) is 20.8. The lowest BCUT2D eigenvalue weighted by Gasteiger charge is -2.29. The van der Waals surface area contributed by atoms with E-state index in [0.717, 1.165) is 24.2 Å². The van der Waals surface area contributed by atoms with Gasteiger partial charge in [-0.25, -0.2) is 9.37 Å². The molecule has 0 saturated carbocycles. The van der Waals surface area contributed by atoms with Crippen LogP contribution in [0.1, 0.15) is 27.9 Å². The van der Waals surface area contributed by atoms with E-state index in [1.165, 1.54) is 22.3 Å². The van der Waals surface area contributed by atoms with Gasteiger partial charge in [0.1, 0.15) is 18.2 Å². The number of nitrogens with one attached hydrogen (secondary N) is 1. The number of rotatable bonds is 7. The van der Waals surface area contributed by atoms with Gasteiger partial charge >= 0.3 is 0 Å². The van der Waals surface area contributed by atoms with Crippen molar-refractivity contribution in [2.75, 3.05) is 6.54 Å². The molecule has 0 fully saturated rings. The van der Waals surface area contributed by atoms with Gasteiger partial charge < -0.3 is 5.32 Å². The molecule has 7 heteroatoms. The van der Waals surface area contributed by atoms with Crippen molar-refractivity contribution in [2.24, 2.45) is 0 Å². The van der Waals surface area contributed by atoms with Crippen LogP contribution in [0, 0.1) is 12.7 Å². The molecular weight excluding hydrogens is 467 g/mol. The molecule has 0 bridgehead atoms. The van der Waals surface area contributed by atoms with Crippen LogP contribution in [0.25, 0.3) is 11.4 Å². The third-order valence-electron chi connectivity index (χ3n) is 6.66. The van der Waals surface area contributed by atoms with Gasteiger partial charge in [-0.3, -0.25) is 19.1 Å². The van der Waals surface area contributed by atoms with Gasteiger partial charge in [0, 0.05) is 37.3 Å². The van der Waals surface area contributed by atoms with Crippen LogP contribution in [0.15, 0.2) is 83.7 Å². The number of hydrogen-bond donors (Lipinski definition) is 1. The highest BCUT2D eigenvalue weighted by atomic mass is 19.1. The lowest BCUT2D eigenvalue weighted by atomic mass is 10.0. The standard InChI is InChI=1S/C30H29FN4O2/c1-21-7-9-22(10-8-21)17-32-28(36)20-35-29(24-11-13-25(31)14-12-24)33-27-19-34(16-15-26(27)30(35)37)18-23-5-3-2-4-6-23/h2-14H,15-20H2,1H3,(H,32,36). The number of aromatic nitrogens is 2. The van der Waals surface area contributed by atoms with Crippen LogP contribution in [0.4, 0.5) is 4.39 Å². The number of hydrogen-bond acceptors (Lipinski definition) is 4. The maximum atomic E-state index is 13.7. The number of amides is 1. The average Bonchev–Trinajstić information content (AvgIpc) is 2.91. The summed E-state index contributed by atoms with van der Waals surface area (Å²) in [5.41, 5.74) is 5.05. The Morgan fingerprint density at radius 2 is 1.70 bits per heavy atom. The first-order valence-corrected chi connectivity index (χ1v) is 12.4. The van der Waals surface area contributed by atoms with Crippen molar-refractivity contribution in [3.05, 3.63) is 123 Å². The zero-order chi connectivity index (χ0) is 25.8. The Hall–Kier alpha value is -4.10. The number of halogens is 1. The lowest BCUT2D eigenvalue weighted by molar-refractivity contribution is -0.121. The van der Waals surface area contributed by atoms with E-state index in [-0.39, 0.29) is 23.8 Å². The summed E-state index contributed by atoms with van der Waals surface area (Å²) in [4.78, 5) is 33.7. The second kappa shape index (κ2) is 10.9. The Bertz CT molecular complexity index is 1450. The molecule has 6 nitrogen and oxygen atoms in total. The van der Waals surface area contributed by atoms with E-state index in [9.17, 15) is 14.0 Å². The summed E-state index contributed by atoms with van der Waals surface area (Å²) < 4.78 is 15.1. The average molecular weight is 497 g/mol. The fourth-order valence-electron chi connectivity index (χ4n) is 4.63. The molecule has 37 heavy (non-hydrogen) atoms. The molecule has 0 aliphatic carbocycles. The number of nitrogens with zero attached hydrogens (tertiary/aromatic N) is 3. The van der Waals surface area contributed by atoms with Crippen molar-refractivity contribution in [1.29, 1.82) is 0 Å². The number of fused-ring (bicyclic) bond motifs is 1. The molecule has 1 aromatic heterocycles. The Morgan fingerprint density at radius 1 is 0.973 bits per heavy atom. The van der Waals surface area contributed by atoms with Gasteiger partial charge in [0.15, 0.2) is 0 Å². The van der Waals surface area contributed by atoms with Crippen molar-refractivity contribution >= 4 is 5.91 Å². The summed E-state index contributed by atoms with van der Waals surface area (Å²) in [6.07, 6.45) is 0.558. The molecule has 0 radical (unpaired) electrons. The van der Waals surface area contributed by atoms with Crippen molar-refractivity contribution in [3.8, 4) is 11.4 Å². The molecule has 2 heterocycles. The fourth-order valence-corrected chi connectivity index (χ4v) is 4.63. The van der Waals surface area contributed by atoms with Crippen molar-refractivity contribution in [3.63, 3.8) is 0 Å². The molecule has 1 N–H and O–H groups in total. The minimum Gasteiger partial charge on any atom is -0.350 e. The predicted molar refractivity (Wildman–Crippen MR) is 141 cm³/mol. The maximum absolute atomic E-state index is 13.7. The Morgan fingerprint density at radius 3 is 2.43 bits per heavy atom. The minimum absolute atomic E-state index is 0.161. The van der Waals surface area contributed by atoms with Crippen LogP contribution >= 0.6 is 0 Å². The van der Waals surface area contributed by atoms with E-state index in [1.54, 1.807) is 12.1 Å². The van der Waals surface area contributed by atoms with Crippen LogP contribution in [0.5, 0.6) is 0 Å². The van der Waals surface area contributed by atoms with Gasteiger partial charge in [0.05, 0.1) is 5.69 Å². The second-order valence-corrected chi connectivity index (χ2v) is 9.47. The Labute approximate surface area is 215 Å². The molecule has 0 unspecified atom stereocenters. The third kappa shape index (κ3) is 5.84. The number of aryl methyl sites for hydroxylation is 1. The SMILES string of the molecule is Cc1ccc(CNC(=O)Cn2c(-c3ccc(F)cc3)nc3c(c2=O)CCN(Cc2ccccc2)C3)cc1. The third-order valence-corrected chi connectivity index (χ3v) is 6.66. The smallest absolute Gasteiger partial charge is 0.257 e. The monoisotopic (exact) mass is 496 g/mol. The topological polar surface area (TPSA) is 67.2 Å². The summed E-state index contributed by atoms with van der Waals surface area (Å²) in [7, 11) is 0. The molecule has 5 rings (SSSR count). The van der Waals surface area contributed by atoms with Crippen molar-refractivity contribution in [2.45, 2.75) is 39.5 Å². The van der Waals surface area contributed by atoms with Crippen LogP contribution < -0.4 is 10.9 Å². The summed E-state index contributed by atoms with van der Waals surface area (Å²) in [5, 5.41) is 2.90. The van der Waals surface area contributed by atoms with Crippen LogP contribution in [0.2, 0.25) is 0 Å². The lowest BCUT2D eigenvalue weighted by Crippen LogP contribution is -2.40. The molecule has 0 atom stereocenters. The summed E-state index contributed by atoms with van der Waals surface area (Å²) in [6.45, 7) is 4.24. The second-order valence-electron chi connectivity index (χ2n) is 9.47. The van der Waals surface area contributed by atoms with Crippen molar-refractivity contribution < 1.29 is 9.18 Å². The minimum atomic E-state index is -0.375. The highest BCUT2D eigenvalue weighted by Gasteiger charge is 2.25. The predicted octanol–water partition coefficient (Wildman–Crippen LogP) is 4.23. The number of carbonyl (C=O) groups is 1. The quantitative estimate of drug-likeness (QED) is 0.416. The van der Waals surface area contributed by atoms with Crippen LogP contribution in [0.3, 0.4) is 0 Å². The number of carbonyl (C=O) groups excluding carboxylic acids is 1. The van der Waals surface area contributed by atoms with Gasteiger partial charge in [-0.1, -0.05) is 60.2 Å². The number of benzene rings is 3. The van der Waals surface area contributed by atoms with Gasteiger partial charge in [0.2, 0.25) is 5.91 Å². The first kappa shape index (κ1) is 24.6. The van der Waals surface area contributed by atoms with Crippen LogP contribution in [-0.4, -0.2) is 26.9 Å². The van der Waals surface area contributed by atoms with Gasteiger partial charge in [-0.15, -0.1) is 0 Å². The van der Waals surface area contributed by atoms with Crippen molar-refractivity contribution in [1.82, 2.24) is 19.8 Å². The van der Waals surface area contributed by atoms with E-state index in [2.05, 4.69) is 22.3 Å². The molecule has 188 valence electrons.